The van der Waals surface area contributed by atoms with E-state index < -0.39 is 0 Å². The number of amides is 2. The number of urea groups is 1. The van der Waals surface area contributed by atoms with Crippen LogP contribution in [0.5, 0.6) is 0 Å². The van der Waals surface area contributed by atoms with Gasteiger partial charge in [0.25, 0.3) is 0 Å². The molecule has 1 unspecified atom stereocenters. The van der Waals surface area contributed by atoms with Crippen molar-refractivity contribution in [3.63, 3.8) is 0 Å². The summed E-state index contributed by atoms with van der Waals surface area (Å²) in [6.45, 7) is 2.04. The lowest BCUT2D eigenvalue weighted by Crippen LogP contribution is -2.23. The first kappa shape index (κ1) is 22.7. The highest BCUT2D eigenvalue weighted by atomic mass is 32.2. The third kappa shape index (κ3) is 4.79. The summed E-state index contributed by atoms with van der Waals surface area (Å²) in [7, 11) is 0. The highest BCUT2D eigenvalue weighted by molar-refractivity contribution is 8.00. The summed E-state index contributed by atoms with van der Waals surface area (Å²) in [6.07, 6.45) is 0.698. The maximum Gasteiger partial charge on any atom is 0.323 e. The zero-order valence-corrected chi connectivity index (χ0v) is 20.1. The molecule has 0 bridgehead atoms. The molecule has 1 atom stereocenters. The second-order valence-corrected chi connectivity index (χ2v) is 9.47. The molecule has 0 aliphatic rings. The summed E-state index contributed by atoms with van der Waals surface area (Å²) in [5.41, 5.74) is 3.28. The van der Waals surface area contributed by atoms with Crippen LogP contribution < -0.4 is 10.6 Å². The molecule has 35 heavy (non-hydrogen) atoms. The van der Waals surface area contributed by atoms with Gasteiger partial charge in [0, 0.05) is 27.0 Å². The fraction of sp³-hybridized carbons (Fsp3) is 0.103. The number of fused-ring (bicyclic) bond motifs is 3. The van der Waals surface area contributed by atoms with Crippen molar-refractivity contribution in [3.05, 3.63) is 103 Å². The minimum Gasteiger partial charge on any atom is -0.308 e. The summed E-state index contributed by atoms with van der Waals surface area (Å²) in [5.74, 6) is 0.0688. The Hall–Kier alpha value is -4.03. The molecule has 1 heterocycles. The van der Waals surface area contributed by atoms with Crippen LogP contribution in [0.15, 0.2) is 108 Å². The van der Waals surface area contributed by atoms with Crippen molar-refractivity contribution < 1.29 is 9.59 Å². The number of benzene rings is 4. The first-order valence-electron chi connectivity index (χ1n) is 11.6. The molecule has 174 valence electrons. The van der Waals surface area contributed by atoms with E-state index in [9.17, 15) is 9.59 Å². The summed E-state index contributed by atoms with van der Waals surface area (Å²) >= 11 is 1.54. The van der Waals surface area contributed by atoms with Gasteiger partial charge in [-0.15, -0.1) is 11.8 Å². The first-order valence-corrected chi connectivity index (χ1v) is 12.4. The number of nitrogens with one attached hydrogen (secondary N) is 2. The fourth-order valence-electron chi connectivity index (χ4n) is 4.21. The van der Waals surface area contributed by atoms with Crippen LogP contribution in [-0.2, 0) is 0 Å². The smallest absolute Gasteiger partial charge is 0.308 e. The van der Waals surface area contributed by atoms with Crippen molar-refractivity contribution in [2.75, 3.05) is 10.6 Å². The molecule has 1 aromatic heterocycles. The largest absolute Gasteiger partial charge is 0.323 e. The third-order valence-electron chi connectivity index (χ3n) is 5.87. The molecular formula is C29H25N3O2S. The van der Waals surface area contributed by atoms with E-state index in [0.29, 0.717) is 12.1 Å². The third-order valence-corrected chi connectivity index (χ3v) is 7.23. The van der Waals surface area contributed by atoms with E-state index in [4.69, 9.17) is 0 Å². The minimum atomic E-state index is -0.301. The molecule has 5 rings (SSSR count). The highest BCUT2D eigenvalue weighted by Crippen LogP contribution is 2.33. The molecule has 4 aromatic carbocycles. The lowest BCUT2D eigenvalue weighted by atomic mass is 10.2. The summed E-state index contributed by atoms with van der Waals surface area (Å²) < 4.78 is 1.86. The second kappa shape index (κ2) is 10.1. The Morgan fingerprint density at radius 2 is 1.23 bits per heavy atom. The number of nitrogens with zero attached hydrogens (tertiary/aromatic N) is 1. The van der Waals surface area contributed by atoms with Gasteiger partial charge in [0.05, 0.1) is 16.3 Å². The van der Waals surface area contributed by atoms with Crippen molar-refractivity contribution in [1.29, 1.82) is 0 Å². The predicted octanol–water partition coefficient (Wildman–Crippen LogP) is 7.65. The van der Waals surface area contributed by atoms with Crippen LogP contribution in [-0.4, -0.2) is 21.8 Å². The molecule has 0 fully saturated rings. The number of rotatable bonds is 6. The van der Waals surface area contributed by atoms with E-state index in [1.807, 2.05) is 102 Å². The molecular weight excluding hydrogens is 454 g/mol. The maximum absolute atomic E-state index is 13.7. The van der Waals surface area contributed by atoms with Crippen LogP contribution in [0.1, 0.15) is 18.1 Å². The Kier molecular flexibility index (Phi) is 6.55. The van der Waals surface area contributed by atoms with E-state index in [1.54, 1.807) is 11.8 Å². The second-order valence-electron chi connectivity index (χ2n) is 8.19. The fourth-order valence-corrected chi connectivity index (χ4v) is 5.20. The van der Waals surface area contributed by atoms with Gasteiger partial charge in [-0.1, -0.05) is 61.5 Å². The van der Waals surface area contributed by atoms with Crippen molar-refractivity contribution in [1.82, 2.24) is 4.57 Å². The van der Waals surface area contributed by atoms with Gasteiger partial charge in [-0.3, -0.25) is 9.36 Å². The van der Waals surface area contributed by atoms with Crippen LogP contribution in [0, 0.1) is 0 Å². The number of carbonyl (C=O) groups excluding carboxylic acids is 2. The van der Waals surface area contributed by atoms with Crippen LogP contribution in [0.25, 0.3) is 21.8 Å². The van der Waals surface area contributed by atoms with Crippen LogP contribution >= 0.6 is 11.8 Å². The molecule has 0 saturated heterocycles. The zero-order valence-electron chi connectivity index (χ0n) is 19.3. The average molecular weight is 480 g/mol. The van der Waals surface area contributed by atoms with Crippen molar-refractivity contribution in [2.24, 2.45) is 0 Å². The Balaban J connectivity index is 1.32. The predicted molar refractivity (Wildman–Crippen MR) is 146 cm³/mol. The van der Waals surface area contributed by atoms with Crippen LogP contribution in [0.4, 0.5) is 16.2 Å². The number of aromatic nitrogens is 1. The van der Waals surface area contributed by atoms with Crippen molar-refractivity contribution >= 4 is 56.9 Å². The molecule has 0 spiro atoms. The zero-order chi connectivity index (χ0) is 24.2. The number of thioether (sulfide) groups is 1. The van der Waals surface area contributed by atoms with Crippen LogP contribution in [0.3, 0.4) is 0 Å². The molecule has 5 nitrogen and oxygen atoms in total. The first-order chi connectivity index (χ1) is 17.1. The van der Waals surface area contributed by atoms with Gasteiger partial charge in [0.1, 0.15) is 0 Å². The molecule has 0 aliphatic carbocycles. The van der Waals surface area contributed by atoms with E-state index in [2.05, 4.69) is 22.8 Å². The molecule has 2 N–H and O–H groups in total. The Morgan fingerprint density at radius 1 is 0.714 bits per heavy atom. The van der Waals surface area contributed by atoms with Gasteiger partial charge in [-0.05, 0) is 55.0 Å². The molecule has 0 radical (unpaired) electrons. The quantitative estimate of drug-likeness (QED) is 0.246. The summed E-state index contributed by atoms with van der Waals surface area (Å²) in [6, 6.07) is 32.7. The lowest BCUT2D eigenvalue weighted by molar-refractivity contribution is 0.0919. The SMILES string of the molecule is CCC(Sc1ccc(NC(=O)Nc2ccccc2)cc1)C(=O)n1c2ccccc2c2ccccc21. The highest BCUT2D eigenvalue weighted by Gasteiger charge is 2.23. The molecule has 0 aliphatic heterocycles. The molecule has 0 saturated carbocycles. The average Bonchev–Trinajstić information content (AvgIpc) is 3.23. The van der Waals surface area contributed by atoms with E-state index in [1.165, 1.54) is 0 Å². The number of para-hydroxylation sites is 3. The van der Waals surface area contributed by atoms with Crippen LogP contribution in [0.2, 0.25) is 0 Å². The Morgan fingerprint density at radius 3 is 1.80 bits per heavy atom. The lowest BCUT2D eigenvalue weighted by Gasteiger charge is -2.16. The number of hydrogen-bond donors (Lipinski definition) is 2. The normalized spacial score (nSPS) is 11.9. The topological polar surface area (TPSA) is 63.1 Å². The van der Waals surface area contributed by atoms with Gasteiger partial charge in [0.2, 0.25) is 5.91 Å². The van der Waals surface area contributed by atoms with E-state index >= 15 is 0 Å². The molecule has 6 heteroatoms. The Bertz CT molecular complexity index is 1440. The van der Waals surface area contributed by atoms with Gasteiger partial charge < -0.3 is 10.6 Å². The monoisotopic (exact) mass is 479 g/mol. The molecule has 5 aromatic rings. The summed E-state index contributed by atoms with van der Waals surface area (Å²) in [4.78, 5) is 27.0. The van der Waals surface area contributed by atoms with Gasteiger partial charge >= 0.3 is 6.03 Å². The van der Waals surface area contributed by atoms with Gasteiger partial charge in [-0.25, -0.2) is 4.79 Å². The van der Waals surface area contributed by atoms with Gasteiger partial charge in [-0.2, -0.15) is 0 Å². The van der Waals surface area contributed by atoms with Crippen molar-refractivity contribution in [2.45, 2.75) is 23.5 Å². The van der Waals surface area contributed by atoms with Gasteiger partial charge in [0.15, 0.2) is 0 Å². The molecule has 2 amide bonds. The van der Waals surface area contributed by atoms with E-state index in [-0.39, 0.29) is 17.2 Å². The maximum atomic E-state index is 13.7. The number of anilines is 2. The van der Waals surface area contributed by atoms with E-state index in [0.717, 1.165) is 32.4 Å². The number of carbonyl (C=O) groups is 2. The minimum absolute atomic E-state index is 0.0688. The summed E-state index contributed by atoms with van der Waals surface area (Å²) in [5, 5.41) is 7.57. The number of hydrogen-bond acceptors (Lipinski definition) is 3. The van der Waals surface area contributed by atoms with Crippen molar-refractivity contribution in [3.8, 4) is 0 Å². The standard InChI is InChI=1S/C29H25N3O2S/c1-2-27(28(33)32-25-14-8-6-12-23(25)24-13-7-9-15-26(24)32)35-22-18-16-21(17-19-22)31-29(34)30-20-10-4-3-5-11-20/h3-19,27H,2H2,1H3,(H2,30,31,34). The Labute approximate surface area is 208 Å².